The normalized spacial score (nSPS) is 17.0. The first kappa shape index (κ1) is 16.2. The number of nitrogens with one attached hydrogen (secondary N) is 1. The Kier molecular flexibility index (Phi) is 5.97. The molecule has 0 atom stereocenters. The summed E-state index contributed by atoms with van der Waals surface area (Å²) in [7, 11) is 2.15. The van der Waals surface area contributed by atoms with Crippen LogP contribution < -0.4 is 10.2 Å². The lowest BCUT2D eigenvalue weighted by molar-refractivity contribution is 0.543. The fourth-order valence-corrected chi connectivity index (χ4v) is 2.95. The standard InChI is InChI=1S/C17H30N4/c1-13(2)18-11-15-12-19-17(20-14(15)3)21(4)16-9-7-5-6-8-10-16/h12-13,16,18H,5-11H2,1-4H3. The van der Waals surface area contributed by atoms with Gasteiger partial charge in [-0.25, -0.2) is 9.97 Å². The summed E-state index contributed by atoms with van der Waals surface area (Å²) in [4.78, 5) is 11.6. The smallest absolute Gasteiger partial charge is 0.225 e. The van der Waals surface area contributed by atoms with Crippen LogP contribution in [0.15, 0.2) is 6.20 Å². The van der Waals surface area contributed by atoms with Crippen LogP contribution in [-0.2, 0) is 6.54 Å². The average molecular weight is 290 g/mol. The van der Waals surface area contributed by atoms with Crippen molar-refractivity contribution in [3.8, 4) is 0 Å². The van der Waals surface area contributed by atoms with E-state index in [9.17, 15) is 0 Å². The number of rotatable bonds is 5. The summed E-state index contributed by atoms with van der Waals surface area (Å²) < 4.78 is 0. The van der Waals surface area contributed by atoms with Gasteiger partial charge in [-0.15, -0.1) is 0 Å². The van der Waals surface area contributed by atoms with Crippen LogP contribution >= 0.6 is 0 Å². The van der Waals surface area contributed by atoms with Crippen LogP contribution in [0.4, 0.5) is 5.95 Å². The second-order valence-electron chi connectivity index (χ2n) is 6.57. The van der Waals surface area contributed by atoms with E-state index in [1.54, 1.807) is 0 Å². The fourth-order valence-electron chi connectivity index (χ4n) is 2.95. The molecule has 1 N–H and O–H groups in total. The molecule has 1 saturated carbocycles. The van der Waals surface area contributed by atoms with Crippen molar-refractivity contribution in [1.82, 2.24) is 15.3 Å². The van der Waals surface area contributed by atoms with E-state index in [0.717, 1.165) is 18.2 Å². The van der Waals surface area contributed by atoms with Crippen molar-refractivity contribution < 1.29 is 0 Å². The van der Waals surface area contributed by atoms with Crippen LogP contribution in [0, 0.1) is 6.92 Å². The topological polar surface area (TPSA) is 41.1 Å². The maximum absolute atomic E-state index is 4.73. The molecule has 0 radical (unpaired) electrons. The molecule has 0 aliphatic heterocycles. The van der Waals surface area contributed by atoms with Crippen molar-refractivity contribution in [3.05, 3.63) is 17.5 Å². The van der Waals surface area contributed by atoms with Crippen LogP contribution in [-0.4, -0.2) is 29.1 Å². The second-order valence-corrected chi connectivity index (χ2v) is 6.57. The van der Waals surface area contributed by atoms with E-state index in [4.69, 9.17) is 4.98 Å². The molecule has 118 valence electrons. The van der Waals surface area contributed by atoms with Crippen LogP contribution in [0.5, 0.6) is 0 Å². The minimum atomic E-state index is 0.484. The van der Waals surface area contributed by atoms with Gasteiger partial charge in [0.15, 0.2) is 0 Å². The zero-order valence-corrected chi connectivity index (χ0v) is 14.0. The van der Waals surface area contributed by atoms with Gasteiger partial charge in [-0.1, -0.05) is 39.5 Å². The third-order valence-electron chi connectivity index (χ3n) is 4.46. The predicted molar refractivity (Wildman–Crippen MR) is 88.6 cm³/mol. The molecule has 1 heterocycles. The largest absolute Gasteiger partial charge is 0.341 e. The lowest BCUT2D eigenvalue weighted by Gasteiger charge is -2.27. The summed E-state index contributed by atoms with van der Waals surface area (Å²) in [5, 5.41) is 3.43. The highest BCUT2D eigenvalue weighted by Crippen LogP contribution is 2.23. The number of nitrogens with zero attached hydrogens (tertiary/aromatic N) is 3. The number of hydrogen-bond acceptors (Lipinski definition) is 4. The monoisotopic (exact) mass is 290 g/mol. The van der Waals surface area contributed by atoms with Gasteiger partial charge in [0.05, 0.1) is 0 Å². The van der Waals surface area contributed by atoms with Crippen molar-refractivity contribution in [2.45, 2.75) is 77.9 Å². The molecule has 1 aromatic heterocycles. The number of aryl methyl sites for hydroxylation is 1. The molecule has 0 amide bonds. The lowest BCUT2D eigenvalue weighted by Crippen LogP contribution is -2.33. The molecule has 1 fully saturated rings. The summed E-state index contributed by atoms with van der Waals surface area (Å²) in [5.41, 5.74) is 2.29. The minimum absolute atomic E-state index is 0.484. The predicted octanol–water partition coefficient (Wildman–Crippen LogP) is 3.44. The van der Waals surface area contributed by atoms with Gasteiger partial charge in [0.25, 0.3) is 0 Å². The van der Waals surface area contributed by atoms with Crippen molar-refractivity contribution in [1.29, 1.82) is 0 Å². The zero-order chi connectivity index (χ0) is 15.2. The van der Waals surface area contributed by atoms with Gasteiger partial charge >= 0.3 is 0 Å². The van der Waals surface area contributed by atoms with E-state index in [1.807, 2.05) is 6.20 Å². The number of aromatic nitrogens is 2. The van der Waals surface area contributed by atoms with Crippen molar-refractivity contribution in [3.63, 3.8) is 0 Å². The van der Waals surface area contributed by atoms with E-state index in [0.29, 0.717) is 12.1 Å². The van der Waals surface area contributed by atoms with E-state index >= 15 is 0 Å². The molecular formula is C17H30N4. The number of hydrogen-bond donors (Lipinski definition) is 1. The molecule has 0 bridgehead atoms. The first-order valence-corrected chi connectivity index (χ1v) is 8.36. The molecule has 0 spiro atoms. The quantitative estimate of drug-likeness (QED) is 0.843. The summed E-state index contributed by atoms with van der Waals surface area (Å²) in [6.07, 6.45) is 9.97. The van der Waals surface area contributed by atoms with Gasteiger partial charge in [0.2, 0.25) is 5.95 Å². The first-order chi connectivity index (χ1) is 10.1. The maximum atomic E-state index is 4.73. The first-order valence-electron chi connectivity index (χ1n) is 8.36. The van der Waals surface area contributed by atoms with E-state index in [-0.39, 0.29) is 0 Å². The Balaban J connectivity index is 2.04. The molecule has 0 unspecified atom stereocenters. The lowest BCUT2D eigenvalue weighted by atomic mass is 10.1. The van der Waals surface area contributed by atoms with Gasteiger partial charge in [-0.2, -0.15) is 0 Å². The highest BCUT2D eigenvalue weighted by molar-refractivity contribution is 5.33. The molecule has 21 heavy (non-hydrogen) atoms. The summed E-state index contributed by atoms with van der Waals surface area (Å²) in [6, 6.07) is 1.09. The highest BCUT2D eigenvalue weighted by atomic mass is 15.2. The Labute approximate surface area is 129 Å². The number of anilines is 1. The molecule has 4 nitrogen and oxygen atoms in total. The van der Waals surface area contributed by atoms with Crippen LogP contribution in [0.25, 0.3) is 0 Å². The van der Waals surface area contributed by atoms with E-state index in [2.05, 4.69) is 43.0 Å². The molecule has 0 saturated heterocycles. The summed E-state index contributed by atoms with van der Waals surface area (Å²) >= 11 is 0. The fraction of sp³-hybridized carbons (Fsp3) is 0.765. The summed E-state index contributed by atoms with van der Waals surface area (Å²) in [5.74, 6) is 0.882. The van der Waals surface area contributed by atoms with Crippen LogP contribution in [0.1, 0.15) is 63.6 Å². The Morgan fingerprint density at radius 3 is 2.48 bits per heavy atom. The Morgan fingerprint density at radius 1 is 1.24 bits per heavy atom. The molecule has 4 heteroatoms. The highest BCUT2D eigenvalue weighted by Gasteiger charge is 2.19. The van der Waals surface area contributed by atoms with Gasteiger partial charge in [-0.05, 0) is 19.8 Å². The van der Waals surface area contributed by atoms with E-state index in [1.165, 1.54) is 44.1 Å². The molecular weight excluding hydrogens is 260 g/mol. The van der Waals surface area contributed by atoms with Crippen LogP contribution in [0.3, 0.4) is 0 Å². The van der Waals surface area contributed by atoms with Crippen LogP contribution in [0.2, 0.25) is 0 Å². The summed E-state index contributed by atoms with van der Waals surface area (Å²) in [6.45, 7) is 7.25. The Hall–Kier alpha value is -1.16. The molecule has 2 rings (SSSR count). The third kappa shape index (κ3) is 4.67. The van der Waals surface area contributed by atoms with Gasteiger partial charge < -0.3 is 10.2 Å². The van der Waals surface area contributed by atoms with Gasteiger partial charge in [0.1, 0.15) is 0 Å². The van der Waals surface area contributed by atoms with E-state index < -0.39 is 0 Å². The maximum Gasteiger partial charge on any atom is 0.225 e. The van der Waals surface area contributed by atoms with Gasteiger partial charge in [0, 0.05) is 43.1 Å². The third-order valence-corrected chi connectivity index (χ3v) is 4.46. The van der Waals surface area contributed by atoms with Crippen molar-refractivity contribution >= 4 is 5.95 Å². The average Bonchev–Trinajstić information content (AvgIpc) is 2.74. The Bertz CT molecular complexity index is 436. The molecule has 1 aromatic rings. The SMILES string of the molecule is Cc1nc(N(C)C2CCCCCC2)ncc1CNC(C)C. The Morgan fingerprint density at radius 2 is 1.90 bits per heavy atom. The second kappa shape index (κ2) is 7.74. The molecule has 0 aromatic carbocycles. The van der Waals surface area contributed by atoms with Crippen molar-refractivity contribution in [2.75, 3.05) is 11.9 Å². The van der Waals surface area contributed by atoms with Crippen molar-refractivity contribution in [2.24, 2.45) is 0 Å². The zero-order valence-electron chi connectivity index (χ0n) is 14.0. The minimum Gasteiger partial charge on any atom is -0.341 e. The molecule has 1 aliphatic rings. The van der Waals surface area contributed by atoms with Gasteiger partial charge in [-0.3, -0.25) is 0 Å². The molecule has 1 aliphatic carbocycles.